The maximum Gasteiger partial charge on any atom is 0.389 e. The number of nitrogens with zero attached hydrogens (tertiary/aromatic N) is 2. The maximum atomic E-state index is 12.0. The fourth-order valence-electron chi connectivity index (χ4n) is 1.81. The number of non-ortho nitro benzene ring substituents is 1. The number of benzene rings is 1. The molecule has 5 nitrogen and oxygen atoms in total. The summed E-state index contributed by atoms with van der Waals surface area (Å²) in [6, 6.07) is 5.31. The zero-order valence-corrected chi connectivity index (χ0v) is 11.3. The van der Waals surface area contributed by atoms with Gasteiger partial charge in [0.15, 0.2) is 0 Å². The SMILES string of the molecule is CC(CCCC(F)(F)F)Nc1ccc([N+](=O)[O-])cc1C#N. The Balaban J connectivity index is 2.66. The van der Waals surface area contributed by atoms with E-state index in [2.05, 4.69) is 5.32 Å². The van der Waals surface area contributed by atoms with Gasteiger partial charge in [0.1, 0.15) is 6.07 Å². The van der Waals surface area contributed by atoms with Crippen LogP contribution < -0.4 is 5.32 Å². The highest BCUT2D eigenvalue weighted by Crippen LogP contribution is 2.25. The lowest BCUT2D eigenvalue weighted by Gasteiger charge is -2.16. The number of alkyl halides is 3. The van der Waals surface area contributed by atoms with E-state index in [4.69, 9.17) is 5.26 Å². The summed E-state index contributed by atoms with van der Waals surface area (Å²) in [5, 5.41) is 22.5. The third-order valence-corrected chi connectivity index (χ3v) is 2.83. The van der Waals surface area contributed by atoms with E-state index >= 15 is 0 Å². The highest BCUT2D eigenvalue weighted by molar-refractivity contribution is 5.61. The summed E-state index contributed by atoms with van der Waals surface area (Å²) in [4.78, 5) is 9.99. The highest BCUT2D eigenvalue weighted by atomic mass is 19.4. The standard InChI is InChI=1S/C13H14F3N3O2/c1-9(3-2-6-13(14,15)16)18-12-5-4-11(19(20)21)7-10(12)8-17/h4-5,7,9,18H,2-3,6H2,1H3. The van der Waals surface area contributed by atoms with Gasteiger partial charge in [-0.3, -0.25) is 10.1 Å². The van der Waals surface area contributed by atoms with Gasteiger partial charge in [0.2, 0.25) is 0 Å². The number of anilines is 1. The Kier molecular flexibility index (Phi) is 5.52. The molecule has 0 spiro atoms. The molecule has 1 N–H and O–H groups in total. The molecule has 114 valence electrons. The number of nitro groups is 1. The molecule has 0 heterocycles. The largest absolute Gasteiger partial charge is 0.389 e. The summed E-state index contributed by atoms with van der Waals surface area (Å²) < 4.78 is 36.1. The lowest BCUT2D eigenvalue weighted by molar-refractivity contribution is -0.384. The third-order valence-electron chi connectivity index (χ3n) is 2.83. The van der Waals surface area contributed by atoms with Crippen LogP contribution >= 0.6 is 0 Å². The predicted molar refractivity (Wildman–Crippen MR) is 70.8 cm³/mol. The summed E-state index contributed by atoms with van der Waals surface area (Å²) in [5.74, 6) is 0. The molecular weight excluding hydrogens is 287 g/mol. The molecule has 0 aliphatic rings. The second-order valence-corrected chi connectivity index (χ2v) is 4.65. The van der Waals surface area contributed by atoms with Crippen LogP contribution in [0.1, 0.15) is 31.7 Å². The van der Waals surface area contributed by atoms with Crippen LogP contribution in [0.3, 0.4) is 0 Å². The Labute approximate surface area is 119 Å². The molecule has 0 aromatic heterocycles. The van der Waals surface area contributed by atoms with Gasteiger partial charge >= 0.3 is 6.18 Å². The van der Waals surface area contributed by atoms with Crippen LogP contribution in [0.15, 0.2) is 18.2 Å². The number of rotatable bonds is 6. The molecule has 0 amide bonds. The van der Waals surface area contributed by atoms with E-state index in [1.807, 2.05) is 6.07 Å². The quantitative estimate of drug-likeness (QED) is 0.636. The highest BCUT2D eigenvalue weighted by Gasteiger charge is 2.26. The van der Waals surface area contributed by atoms with Gasteiger partial charge in [0.05, 0.1) is 16.2 Å². The number of nitrogens with one attached hydrogen (secondary N) is 1. The van der Waals surface area contributed by atoms with Crippen molar-refractivity contribution in [2.24, 2.45) is 0 Å². The summed E-state index contributed by atoms with van der Waals surface area (Å²) in [6.45, 7) is 1.69. The summed E-state index contributed by atoms with van der Waals surface area (Å²) in [5.41, 5.74) is 0.260. The Hall–Kier alpha value is -2.30. The summed E-state index contributed by atoms with van der Waals surface area (Å²) in [6.07, 6.45) is -4.77. The van der Waals surface area contributed by atoms with Crippen molar-refractivity contribution in [2.75, 3.05) is 5.32 Å². The third kappa shape index (κ3) is 5.69. The molecule has 1 atom stereocenters. The number of halogens is 3. The normalized spacial score (nSPS) is 12.5. The molecular formula is C13H14F3N3O2. The van der Waals surface area contributed by atoms with Gasteiger partial charge in [-0.15, -0.1) is 0 Å². The molecule has 21 heavy (non-hydrogen) atoms. The Bertz CT molecular complexity index is 553. The molecule has 0 saturated heterocycles. The minimum absolute atomic E-state index is 0.0213. The Morgan fingerprint density at radius 3 is 2.67 bits per heavy atom. The second-order valence-electron chi connectivity index (χ2n) is 4.65. The van der Waals surface area contributed by atoms with Crippen molar-refractivity contribution in [3.63, 3.8) is 0 Å². The van der Waals surface area contributed by atoms with Crippen LogP contribution in [-0.4, -0.2) is 17.1 Å². The minimum Gasteiger partial charge on any atom is -0.382 e. The Morgan fingerprint density at radius 1 is 1.48 bits per heavy atom. The van der Waals surface area contributed by atoms with Crippen molar-refractivity contribution in [2.45, 2.75) is 38.4 Å². The number of hydrogen-bond donors (Lipinski definition) is 1. The molecule has 0 fully saturated rings. The molecule has 1 unspecified atom stereocenters. The van der Waals surface area contributed by atoms with Crippen LogP contribution in [0, 0.1) is 21.4 Å². The van der Waals surface area contributed by atoms with Crippen LogP contribution in [-0.2, 0) is 0 Å². The van der Waals surface area contributed by atoms with Crippen molar-refractivity contribution in [1.82, 2.24) is 0 Å². The molecule has 0 saturated carbocycles. The van der Waals surface area contributed by atoms with E-state index in [9.17, 15) is 23.3 Å². The second kappa shape index (κ2) is 6.92. The number of nitro benzene ring substituents is 1. The smallest absolute Gasteiger partial charge is 0.382 e. The van der Waals surface area contributed by atoms with Crippen molar-refractivity contribution in [3.05, 3.63) is 33.9 Å². The number of nitriles is 1. The van der Waals surface area contributed by atoms with Crippen molar-refractivity contribution in [1.29, 1.82) is 5.26 Å². The van der Waals surface area contributed by atoms with Crippen molar-refractivity contribution in [3.8, 4) is 6.07 Å². The average molecular weight is 301 g/mol. The first kappa shape index (κ1) is 16.8. The van der Waals surface area contributed by atoms with E-state index in [-0.39, 0.29) is 30.1 Å². The molecule has 0 aliphatic carbocycles. The first-order chi connectivity index (χ1) is 9.73. The van der Waals surface area contributed by atoms with Crippen LogP contribution in [0.4, 0.5) is 24.5 Å². The fourth-order valence-corrected chi connectivity index (χ4v) is 1.81. The molecule has 0 bridgehead atoms. The topological polar surface area (TPSA) is 79.0 Å². The van der Waals surface area contributed by atoms with E-state index in [0.717, 1.165) is 6.07 Å². The predicted octanol–water partition coefficient (Wildman–Crippen LogP) is 4.00. The molecule has 8 heteroatoms. The van der Waals surface area contributed by atoms with Crippen LogP contribution in [0.2, 0.25) is 0 Å². The van der Waals surface area contributed by atoms with Crippen LogP contribution in [0.5, 0.6) is 0 Å². The molecule has 0 aliphatic heterocycles. The average Bonchev–Trinajstić information content (AvgIpc) is 2.37. The van der Waals surface area contributed by atoms with Crippen LogP contribution in [0.25, 0.3) is 0 Å². The molecule has 1 aromatic rings. The fraction of sp³-hybridized carbons (Fsp3) is 0.462. The zero-order valence-electron chi connectivity index (χ0n) is 11.3. The summed E-state index contributed by atoms with van der Waals surface area (Å²) >= 11 is 0. The van der Waals surface area contributed by atoms with E-state index < -0.39 is 17.5 Å². The summed E-state index contributed by atoms with van der Waals surface area (Å²) in [7, 11) is 0. The minimum atomic E-state index is -4.18. The van der Waals surface area contributed by atoms with Gasteiger partial charge in [-0.05, 0) is 25.8 Å². The number of hydrogen-bond acceptors (Lipinski definition) is 4. The maximum absolute atomic E-state index is 12.0. The van der Waals surface area contributed by atoms with E-state index in [1.165, 1.54) is 12.1 Å². The monoisotopic (exact) mass is 301 g/mol. The zero-order chi connectivity index (χ0) is 16.0. The first-order valence-corrected chi connectivity index (χ1v) is 6.25. The Morgan fingerprint density at radius 2 is 2.14 bits per heavy atom. The van der Waals surface area contributed by atoms with E-state index in [0.29, 0.717) is 5.69 Å². The van der Waals surface area contributed by atoms with Gasteiger partial charge in [0, 0.05) is 24.6 Å². The van der Waals surface area contributed by atoms with Crippen molar-refractivity contribution < 1.29 is 18.1 Å². The van der Waals surface area contributed by atoms with Gasteiger partial charge in [0.25, 0.3) is 5.69 Å². The van der Waals surface area contributed by atoms with Gasteiger partial charge in [-0.2, -0.15) is 18.4 Å². The molecule has 0 radical (unpaired) electrons. The van der Waals surface area contributed by atoms with E-state index in [1.54, 1.807) is 6.92 Å². The first-order valence-electron chi connectivity index (χ1n) is 6.25. The lowest BCUT2D eigenvalue weighted by Crippen LogP contribution is -2.17. The van der Waals surface area contributed by atoms with Crippen molar-refractivity contribution >= 4 is 11.4 Å². The molecule has 1 aromatic carbocycles. The van der Waals surface area contributed by atoms with Gasteiger partial charge in [-0.1, -0.05) is 0 Å². The van der Waals surface area contributed by atoms with Gasteiger partial charge in [-0.25, -0.2) is 0 Å². The van der Waals surface area contributed by atoms with Gasteiger partial charge < -0.3 is 5.32 Å². The lowest BCUT2D eigenvalue weighted by atomic mass is 10.1. The molecule has 1 rings (SSSR count).